The molecule has 0 saturated heterocycles. The van der Waals surface area contributed by atoms with Crippen LogP contribution in [0.15, 0.2) is 36.4 Å². The minimum absolute atomic E-state index is 0.254. The van der Waals surface area contributed by atoms with E-state index in [9.17, 15) is 9.90 Å². The number of anilines is 1. The maximum Gasteiger partial charge on any atom is 0.335 e. The van der Waals surface area contributed by atoms with Crippen LogP contribution in [0, 0.1) is 0 Å². The number of methoxy groups -OCH3 is 1. The number of hydrogen-bond donors (Lipinski definition) is 2. The van der Waals surface area contributed by atoms with Crippen LogP contribution >= 0.6 is 0 Å². The number of fused-ring (bicyclic) bond motifs is 1. The van der Waals surface area contributed by atoms with Crippen molar-refractivity contribution in [3.63, 3.8) is 0 Å². The number of hydrogen-bond acceptors (Lipinski definition) is 4. The molecule has 0 aliphatic carbocycles. The molecule has 0 bridgehead atoms. The molecule has 120 valence electrons. The van der Waals surface area contributed by atoms with Gasteiger partial charge in [0.25, 0.3) is 0 Å². The smallest absolute Gasteiger partial charge is 0.335 e. The van der Waals surface area contributed by atoms with Gasteiger partial charge in [-0.15, -0.1) is 0 Å². The van der Waals surface area contributed by atoms with Gasteiger partial charge in [0.15, 0.2) is 0 Å². The minimum Gasteiger partial charge on any atom is -0.493 e. The molecular weight excluding hydrogens is 294 g/mol. The first-order valence-corrected chi connectivity index (χ1v) is 7.50. The van der Waals surface area contributed by atoms with E-state index < -0.39 is 5.97 Å². The predicted molar refractivity (Wildman–Crippen MR) is 87.1 cm³/mol. The molecule has 0 amide bonds. The molecule has 0 unspecified atom stereocenters. The summed E-state index contributed by atoms with van der Waals surface area (Å²) in [5, 5.41) is 12.5. The Balaban J connectivity index is 1.75. The second-order valence-electron chi connectivity index (χ2n) is 5.55. The first-order chi connectivity index (χ1) is 11.2. The molecule has 0 atom stereocenters. The highest BCUT2D eigenvalue weighted by atomic mass is 16.5. The van der Waals surface area contributed by atoms with Crippen molar-refractivity contribution in [2.45, 2.75) is 19.6 Å². The first-order valence-electron chi connectivity index (χ1n) is 7.50. The third-order valence-corrected chi connectivity index (χ3v) is 3.80. The molecule has 3 rings (SSSR count). The normalized spacial score (nSPS) is 12.6. The molecule has 1 aliphatic heterocycles. The predicted octanol–water partition coefficient (Wildman–Crippen LogP) is 3.08. The van der Waals surface area contributed by atoms with Crippen LogP contribution in [0.1, 0.15) is 27.0 Å². The average molecular weight is 313 g/mol. The molecule has 0 radical (unpaired) electrons. The summed E-state index contributed by atoms with van der Waals surface area (Å²) in [6.45, 7) is 1.75. The molecule has 0 spiro atoms. The van der Waals surface area contributed by atoms with Crippen LogP contribution in [0.4, 0.5) is 5.69 Å². The van der Waals surface area contributed by atoms with Crippen molar-refractivity contribution in [2.24, 2.45) is 0 Å². The topological polar surface area (TPSA) is 67.8 Å². The van der Waals surface area contributed by atoms with Gasteiger partial charge in [-0.1, -0.05) is 12.1 Å². The molecule has 2 N–H and O–H groups in total. The van der Waals surface area contributed by atoms with Gasteiger partial charge in [0, 0.05) is 25.8 Å². The molecule has 1 heterocycles. The molecule has 5 heteroatoms. The van der Waals surface area contributed by atoms with E-state index in [2.05, 4.69) is 11.4 Å². The van der Waals surface area contributed by atoms with Gasteiger partial charge < -0.3 is 19.9 Å². The van der Waals surface area contributed by atoms with E-state index in [4.69, 9.17) is 9.47 Å². The van der Waals surface area contributed by atoms with Gasteiger partial charge in [0.2, 0.25) is 0 Å². The lowest BCUT2D eigenvalue weighted by Crippen LogP contribution is -2.04. The zero-order valence-corrected chi connectivity index (χ0v) is 13.0. The maximum atomic E-state index is 11.2. The first kappa shape index (κ1) is 15.4. The van der Waals surface area contributed by atoms with Gasteiger partial charge in [-0.05, 0) is 41.0 Å². The summed E-state index contributed by atoms with van der Waals surface area (Å²) in [6.07, 6.45) is 0.940. The number of aromatic carboxylic acids is 1. The lowest BCUT2D eigenvalue weighted by molar-refractivity contribution is 0.0696. The summed E-state index contributed by atoms with van der Waals surface area (Å²) in [4.78, 5) is 11.2. The molecule has 5 nitrogen and oxygen atoms in total. The Morgan fingerprint density at radius 1 is 1.26 bits per heavy atom. The van der Waals surface area contributed by atoms with Crippen molar-refractivity contribution in [3.05, 3.63) is 58.7 Å². The average Bonchev–Trinajstić information content (AvgIpc) is 3.00. The van der Waals surface area contributed by atoms with Crippen molar-refractivity contribution in [1.82, 2.24) is 0 Å². The third-order valence-electron chi connectivity index (χ3n) is 3.80. The number of benzene rings is 2. The standard InChI is InChI=1S/C18H19NO4/c1-22-11-13-7-15(18(20)21)9-16(8-13)19-10-12-2-3-17-14(6-12)4-5-23-17/h2-3,6-9,19H,4-5,10-11H2,1H3,(H,20,21). The molecule has 2 aromatic carbocycles. The van der Waals surface area contributed by atoms with Crippen LogP contribution in [0.3, 0.4) is 0 Å². The lowest BCUT2D eigenvalue weighted by atomic mass is 10.1. The quantitative estimate of drug-likeness (QED) is 0.858. The van der Waals surface area contributed by atoms with E-state index in [-0.39, 0.29) is 5.56 Å². The van der Waals surface area contributed by atoms with Crippen LogP contribution < -0.4 is 10.1 Å². The van der Waals surface area contributed by atoms with Crippen molar-refractivity contribution < 1.29 is 19.4 Å². The van der Waals surface area contributed by atoms with E-state index in [0.717, 1.165) is 35.6 Å². The van der Waals surface area contributed by atoms with Gasteiger partial charge >= 0.3 is 5.97 Å². The Morgan fingerprint density at radius 2 is 2.13 bits per heavy atom. The van der Waals surface area contributed by atoms with E-state index >= 15 is 0 Å². The fraction of sp³-hybridized carbons (Fsp3) is 0.278. The molecular formula is C18H19NO4. The van der Waals surface area contributed by atoms with Crippen LogP contribution in [-0.2, 0) is 24.3 Å². The Kier molecular flexibility index (Phi) is 4.48. The Morgan fingerprint density at radius 3 is 2.91 bits per heavy atom. The Labute approximate surface area is 134 Å². The van der Waals surface area contributed by atoms with E-state index in [1.807, 2.05) is 18.2 Å². The molecule has 23 heavy (non-hydrogen) atoms. The number of rotatable bonds is 6. The van der Waals surface area contributed by atoms with Crippen LogP contribution in [-0.4, -0.2) is 24.8 Å². The molecule has 1 aliphatic rings. The summed E-state index contributed by atoms with van der Waals surface area (Å²) in [5.41, 5.74) is 4.22. The van der Waals surface area contributed by atoms with Crippen molar-refractivity contribution >= 4 is 11.7 Å². The van der Waals surface area contributed by atoms with Crippen molar-refractivity contribution in [2.75, 3.05) is 19.0 Å². The highest BCUT2D eigenvalue weighted by Gasteiger charge is 2.12. The SMILES string of the molecule is COCc1cc(NCc2ccc3c(c2)CCO3)cc(C(=O)O)c1. The van der Waals surface area contributed by atoms with Crippen LogP contribution in [0.25, 0.3) is 0 Å². The summed E-state index contributed by atoms with van der Waals surface area (Å²) < 4.78 is 10.6. The molecule has 2 aromatic rings. The maximum absolute atomic E-state index is 11.2. The third kappa shape index (κ3) is 3.63. The fourth-order valence-electron chi connectivity index (χ4n) is 2.72. The van der Waals surface area contributed by atoms with E-state index in [0.29, 0.717) is 13.2 Å². The highest BCUT2D eigenvalue weighted by Crippen LogP contribution is 2.26. The number of carboxylic acid groups (broad SMARTS) is 1. The lowest BCUT2D eigenvalue weighted by Gasteiger charge is -2.11. The summed E-state index contributed by atoms with van der Waals surface area (Å²) in [7, 11) is 1.59. The van der Waals surface area contributed by atoms with Crippen LogP contribution in [0.2, 0.25) is 0 Å². The zero-order valence-electron chi connectivity index (χ0n) is 13.0. The number of nitrogens with one attached hydrogen (secondary N) is 1. The molecule has 0 fully saturated rings. The van der Waals surface area contributed by atoms with Crippen molar-refractivity contribution in [3.8, 4) is 5.75 Å². The summed E-state index contributed by atoms with van der Waals surface area (Å²) >= 11 is 0. The highest BCUT2D eigenvalue weighted by molar-refractivity contribution is 5.89. The van der Waals surface area contributed by atoms with Crippen LogP contribution in [0.5, 0.6) is 5.75 Å². The van der Waals surface area contributed by atoms with E-state index in [1.54, 1.807) is 19.2 Å². The largest absolute Gasteiger partial charge is 0.493 e. The number of carbonyl (C=O) groups is 1. The van der Waals surface area contributed by atoms with Gasteiger partial charge in [-0.2, -0.15) is 0 Å². The summed E-state index contributed by atoms with van der Waals surface area (Å²) in [6, 6.07) is 11.3. The minimum atomic E-state index is -0.944. The summed E-state index contributed by atoms with van der Waals surface area (Å²) in [5.74, 6) is 0.0182. The molecule has 0 saturated carbocycles. The Hall–Kier alpha value is -2.53. The van der Waals surface area contributed by atoms with Gasteiger partial charge in [-0.25, -0.2) is 4.79 Å². The fourth-order valence-corrected chi connectivity index (χ4v) is 2.72. The van der Waals surface area contributed by atoms with Crippen molar-refractivity contribution in [1.29, 1.82) is 0 Å². The van der Waals surface area contributed by atoms with E-state index in [1.165, 1.54) is 5.56 Å². The second-order valence-corrected chi connectivity index (χ2v) is 5.55. The van der Waals surface area contributed by atoms with Gasteiger partial charge in [-0.3, -0.25) is 0 Å². The van der Waals surface area contributed by atoms with Gasteiger partial charge in [0.1, 0.15) is 5.75 Å². The second kappa shape index (κ2) is 6.71. The monoisotopic (exact) mass is 313 g/mol. The zero-order chi connectivity index (χ0) is 16.2. The number of ether oxygens (including phenoxy) is 2. The number of carboxylic acids is 1. The van der Waals surface area contributed by atoms with Gasteiger partial charge in [0.05, 0.1) is 18.8 Å². The Bertz CT molecular complexity index is 727. The molecule has 0 aromatic heterocycles.